The van der Waals surface area contributed by atoms with E-state index in [0.717, 1.165) is 17.5 Å². The number of esters is 1. The van der Waals surface area contributed by atoms with E-state index in [1.165, 1.54) is 12.0 Å². The highest BCUT2D eigenvalue weighted by atomic mass is 32.2. The van der Waals surface area contributed by atoms with Crippen molar-refractivity contribution in [3.63, 3.8) is 0 Å². The van der Waals surface area contributed by atoms with Gasteiger partial charge in [-0.15, -0.1) is 0 Å². The van der Waals surface area contributed by atoms with Crippen molar-refractivity contribution in [1.29, 1.82) is 0 Å². The normalized spacial score (nSPS) is 11.9. The smallest absolute Gasteiger partial charge is 0.321 e. The Bertz CT molecular complexity index is 747. The van der Waals surface area contributed by atoms with Gasteiger partial charge in [0.1, 0.15) is 23.1 Å². The molecule has 0 saturated carbocycles. The van der Waals surface area contributed by atoms with Crippen molar-refractivity contribution >= 4 is 17.0 Å². The van der Waals surface area contributed by atoms with Gasteiger partial charge in [-0.1, -0.05) is 63.6 Å². The van der Waals surface area contributed by atoms with E-state index in [9.17, 15) is 9.00 Å². The monoisotopic (exact) mass is 403 g/mol. The molecule has 0 aliphatic rings. The molecular weight excluding hydrogens is 370 g/mol. The molecule has 154 valence electrons. The third kappa shape index (κ3) is 8.81. The Kier molecular flexibility index (Phi) is 10.1. The van der Waals surface area contributed by atoms with E-state index in [1.54, 1.807) is 32.9 Å². The Morgan fingerprint density at radius 1 is 0.929 bits per heavy atom. The first kappa shape index (κ1) is 24.1. The molecule has 28 heavy (non-hydrogen) atoms. The van der Waals surface area contributed by atoms with Crippen LogP contribution in [0.4, 0.5) is 0 Å². The molecule has 1 atom stereocenters. The lowest BCUT2D eigenvalue weighted by atomic mass is 10.0. The number of ether oxygens (including phenoxy) is 1. The molecule has 0 aliphatic carbocycles. The van der Waals surface area contributed by atoms with Gasteiger partial charge < -0.3 is 4.74 Å². The number of aryl methyl sites for hydroxylation is 1. The Morgan fingerprint density at radius 2 is 1.39 bits per heavy atom. The second-order valence-corrected chi connectivity index (χ2v) is 8.76. The molecule has 0 spiro atoms. The van der Waals surface area contributed by atoms with Crippen molar-refractivity contribution < 1.29 is 13.7 Å². The fourth-order valence-electron chi connectivity index (χ4n) is 2.29. The number of carbonyl (C=O) groups is 1. The SMILES string of the molecule is CCC.CCc1ccc(-c2ccc(S(=O)NCC(=O)OC(C)(C)C)cc2)cc1. The van der Waals surface area contributed by atoms with E-state index in [0.29, 0.717) is 4.90 Å². The zero-order valence-electron chi connectivity index (χ0n) is 17.9. The average molecular weight is 404 g/mol. The highest BCUT2D eigenvalue weighted by molar-refractivity contribution is 7.83. The zero-order chi connectivity index (χ0) is 21.2. The van der Waals surface area contributed by atoms with E-state index in [-0.39, 0.29) is 6.54 Å². The van der Waals surface area contributed by atoms with E-state index >= 15 is 0 Å². The van der Waals surface area contributed by atoms with Gasteiger partial charge in [-0.25, -0.2) is 8.93 Å². The minimum absolute atomic E-state index is 0.0931. The predicted molar refractivity (Wildman–Crippen MR) is 117 cm³/mol. The lowest BCUT2D eigenvalue weighted by Crippen LogP contribution is -2.32. The maximum atomic E-state index is 12.2. The maximum absolute atomic E-state index is 12.2. The van der Waals surface area contributed by atoms with Crippen molar-refractivity contribution in [3.05, 3.63) is 54.1 Å². The topological polar surface area (TPSA) is 55.4 Å². The molecule has 0 fully saturated rings. The molecule has 0 saturated heterocycles. The number of hydrogen-bond donors (Lipinski definition) is 1. The van der Waals surface area contributed by atoms with E-state index in [2.05, 4.69) is 49.8 Å². The number of rotatable bonds is 6. The molecule has 2 rings (SSSR count). The van der Waals surface area contributed by atoms with Gasteiger partial charge >= 0.3 is 5.97 Å². The first-order valence-electron chi connectivity index (χ1n) is 9.76. The molecule has 0 aliphatic heterocycles. The van der Waals surface area contributed by atoms with E-state index < -0.39 is 22.6 Å². The number of hydrogen-bond acceptors (Lipinski definition) is 3. The summed E-state index contributed by atoms with van der Waals surface area (Å²) in [5.74, 6) is -0.423. The highest BCUT2D eigenvalue weighted by Gasteiger charge is 2.16. The summed E-state index contributed by atoms with van der Waals surface area (Å²) in [5.41, 5.74) is 2.94. The average Bonchev–Trinajstić information content (AvgIpc) is 2.65. The summed E-state index contributed by atoms with van der Waals surface area (Å²) in [6.45, 7) is 11.7. The van der Waals surface area contributed by atoms with E-state index in [1.807, 2.05) is 12.1 Å². The molecule has 0 bridgehead atoms. The highest BCUT2D eigenvalue weighted by Crippen LogP contribution is 2.21. The van der Waals surface area contributed by atoms with Crippen LogP contribution in [-0.4, -0.2) is 22.3 Å². The number of carbonyl (C=O) groups excluding carboxylic acids is 1. The number of nitrogens with one attached hydrogen (secondary N) is 1. The van der Waals surface area contributed by atoms with Crippen molar-refractivity contribution in [2.24, 2.45) is 0 Å². The van der Waals surface area contributed by atoms with Gasteiger partial charge in [-0.2, -0.15) is 0 Å². The van der Waals surface area contributed by atoms with Crippen molar-refractivity contribution in [2.45, 2.75) is 64.9 Å². The summed E-state index contributed by atoms with van der Waals surface area (Å²) in [5, 5.41) is 0. The lowest BCUT2D eigenvalue weighted by molar-refractivity contribution is -0.153. The second kappa shape index (κ2) is 11.8. The molecule has 0 amide bonds. The first-order valence-corrected chi connectivity index (χ1v) is 10.9. The van der Waals surface area contributed by atoms with Crippen LogP contribution in [-0.2, 0) is 26.9 Å². The van der Waals surface area contributed by atoms with Crippen LogP contribution in [0.2, 0.25) is 0 Å². The molecular formula is C23H33NO3S. The standard InChI is InChI=1S/C20H25NO3S.C3H8/c1-5-15-6-8-16(9-7-15)17-10-12-18(13-11-17)25(23)21-14-19(22)24-20(2,3)4;1-3-2/h6-13,21H,5,14H2,1-4H3;3H2,1-2H3. The van der Waals surface area contributed by atoms with Crippen molar-refractivity contribution in [1.82, 2.24) is 4.72 Å². The van der Waals surface area contributed by atoms with Gasteiger partial charge in [-0.3, -0.25) is 4.79 Å². The quantitative estimate of drug-likeness (QED) is 0.667. The van der Waals surface area contributed by atoms with Gasteiger partial charge in [0.15, 0.2) is 0 Å². The van der Waals surface area contributed by atoms with Crippen LogP contribution in [0.25, 0.3) is 11.1 Å². The van der Waals surface area contributed by atoms with Crippen LogP contribution in [0.3, 0.4) is 0 Å². The summed E-state index contributed by atoms with van der Waals surface area (Å²) in [6.07, 6.45) is 2.27. The fourth-order valence-corrected chi connectivity index (χ4v) is 3.09. The van der Waals surface area contributed by atoms with Crippen LogP contribution >= 0.6 is 0 Å². The third-order valence-corrected chi connectivity index (χ3v) is 4.64. The van der Waals surface area contributed by atoms with Crippen LogP contribution in [0.15, 0.2) is 53.4 Å². The van der Waals surface area contributed by atoms with Gasteiger partial charge in [0.25, 0.3) is 0 Å². The minimum atomic E-state index is -1.45. The van der Waals surface area contributed by atoms with Gasteiger partial charge in [0.2, 0.25) is 0 Å². The molecule has 2 aromatic carbocycles. The van der Waals surface area contributed by atoms with Crippen LogP contribution in [0.5, 0.6) is 0 Å². The molecule has 4 nitrogen and oxygen atoms in total. The molecule has 5 heteroatoms. The third-order valence-electron chi connectivity index (χ3n) is 3.53. The summed E-state index contributed by atoms with van der Waals surface area (Å²) in [6, 6.07) is 15.9. The fraction of sp³-hybridized carbons (Fsp3) is 0.435. The molecule has 0 radical (unpaired) electrons. The summed E-state index contributed by atoms with van der Waals surface area (Å²) in [7, 11) is -1.45. The minimum Gasteiger partial charge on any atom is -0.459 e. The second-order valence-electron chi connectivity index (χ2n) is 7.46. The summed E-state index contributed by atoms with van der Waals surface area (Å²) in [4.78, 5) is 12.3. The Balaban J connectivity index is 0.00000122. The van der Waals surface area contributed by atoms with E-state index in [4.69, 9.17) is 4.74 Å². The summed E-state index contributed by atoms with van der Waals surface area (Å²) >= 11 is 0. The van der Waals surface area contributed by atoms with Gasteiger partial charge in [-0.05, 0) is 56.0 Å². The first-order chi connectivity index (χ1) is 13.2. The summed E-state index contributed by atoms with van der Waals surface area (Å²) < 4.78 is 20.1. The van der Waals surface area contributed by atoms with Gasteiger partial charge in [0.05, 0.1) is 4.90 Å². The predicted octanol–water partition coefficient (Wildman–Crippen LogP) is 5.29. The van der Waals surface area contributed by atoms with Gasteiger partial charge in [0, 0.05) is 0 Å². The van der Waals surface area contributed by atoms with Crippen molar-refractivity contribution in [3.8, 4) is 11.1 Å². The molecule has 1 N–H and O–H groups in total. The van der Waals surface area contributed by atoms with Crippen LogP contribution in [0, 0.1) is 0 Å². The largest absolute Gasteiger partial charge is 0.459 e. The van der Waals surface area contributed by atoms with Crippen LogP contribution in [0.1, 0.15) is 53.5 Å². The zero-order valence-corrected chi connectivity index (χ0v) is 18.7. The Morgan fingerprint density at radius 3 is 1.82 bits per heavy atom. The number of benzene rings is 2. The Hall–Kier alpha value is -1.98. The lowest BCUT2D eigenvalue weighted by Gasteiger charge is -2.19. The molecule has 0 aromatic heterocycles. The molecule has 0 heterocycles. The molecule has 1 unspecified atom stereocenters. The van der Waals surface area contributed by atoms with Crippen molar-refractivity contribution in [2.75, 3.05) is 6.54 Å². The Labute approximate surface area is 172 Å². The van der Waals surface area contributed by atoms with Crippen LogP contribution < -0.4 is 4.72 Å². The maximum Gasteiger partial charge on any atom is 0.321 e. The molecule has 2 aromatic rings.